The molecular formula is C18H19F3N6O2. The van der Waals surface area contributed by atoms with E-state index in [1.165, 1.54) is 12.3 Å². The van der Waals surface area contributed by atoms with Crippen molar-refractivity contribution < 1.29 is 22.6 Å². The summed E-state index contributed by atoms with van der Waals surface area (Å²) in [6.45, 7) is -0.942. The normalized spacial score (nSPS) is 25.6. The zero-order chi connectivity index (χ0) is 20.1. The largest absolute Gasteiger partial charge is 0.431 e. The Kier molecular flexibility index (Phi) is 4.34. The number of ether oxygens (including phenoxy) is 2. The third kappa shape index (κ3) is 3.28. The number of halogens is 3. The molecular weight excluding hydrogens is 389 g/mol. The summed E-state index contributed by atoms with van der Waals surface area (Å²) < 4.78 is 48.9. The molecule has 3 aliphatic heterocycles. The van der Waals surface area contributed by atoms with Crippen LogP contribution in [0.15, 0.2) is 18.3 Å². The van der Waals surface area contributed by atoms with Crippen molar-refractivity contribution >= 4 is 17.6 Å². The summed E-state index contributed by atoms with van der Waals surface area (Å²) in [6.07, 6.45) is 1.14. The maximum atomic E-state index is 13.7. The van der Waals surface area contributed by atoms with E-state index in [9.17, 15) is 13.2 Å². The van der Waals surface area contributed by atoms with Crippen LogP contribution in [0.2, 0.25) is 0 Å². The Morgan fingerprint density at radius 3 is 2.72 bits per heavy atom. The minimum Gasteiger partial charge on any atom is -0.431 e. The molecule has 3 aliphatic rings. The molecule has 5 heterocycles. The predicted molar refractivity (Wildman–Crippen MR) is 98.9 cm³/mol. The molecule has 29 heavy (non-hydrogen) atoms. The van der Waals surface area contributed by atoms with E-state index in [0.29, 0.717) is 49.1 Å². The molecule has 3 atom stereocenters. The first kappa shape index (κ1) is 18.2. The lowest BCUT2D eigenvalue weighted by Gasteiger charge is -2.55. The van der Waals surface area contributed by atoms with Gasteiger partial charge in [0.2, 0.25) is 5.95 Å². The van der Waals surface area contributed by atoms with Crippen molar-refractivity contribution in [2.45, 2.75) is 31.3 Å². The number of alkyl halides is 3. The second-order valence-corrected chi connectivity index (χ2v) is 7.32. The summed E-state index contributed by atoms with van der Waals surface area (Å²) in [5, 5.41) is 0. The molecule has 1 unspecified atom stereocenters. The third-order valence-corrected chi connectivity index (χ3v) is 5.49. The minimum absolute atomic E-state index is 0.138. The van der Waals surface area contributed by atoms with E-state index >= 15 is 0 Å². The topological polar surface area (TPSA) is 89.6 Å². The number of rotatable bonds is 5. The van der Waals surface area contributed by atoms with Crippen LogP contribution in [-0.2, 0) is 4.74 Å². The number of nitrogens with zero attached hydrogens (tertiary/aromatic N) is 5. The molecule has 0 saturated carbocycles. The molecule has 3 saturated heterocycles. The van der Waals surface area contributed by atoms with Crippen LogP contribution in [0.3, 0.4) is 0 Å². The average Bonchev–Trinajstić information content (AvgIpc) is 3.11. The standard InChI is InChI=1S/C18H19F3N6O2/c19-10-1-2-26(6-10)18-24-11(4-15(25-18)27-7-14-12(27)8-28-14)9-3-13(29-17(20)21)16(22)23-5-9/h3-5,10,12,14,17H,1-2,6-8H2,(H2,22,23)/t10-,12+,14?/m0/s1. The van der Waals surface area contributed by atoms with Gasteiger partial charge in [0.1, 0.15) is 12.0 Å². The highest BCUT2D eigenvalue weighted by Gasteiger charge is 2.48. The number of morpholine rings is 1. The third-order valence-electron chi connectivity index (χ3n) is 5.49. The number of anilines is 3. The van der Waals surface area contributed by atoms with Crippen LogP contribution in [-0.4, -0.2) is 66.1 Å². The van der Waals surface area contributed by atoms with Crippen molar-refractivity contribution in [3.05, 3.63) is 18.3 Å². The molecule has 154 valence electrons. The fraction of sp³-hybridized carbons (Fsp3) is 0.500. The second-order valence-electron chi connectivity index (χ2n) is 7.32. The highest BCUT2D eigenvalue weighted by molar-refractivity contribution is 5.68. The van der Waals surface area contributed by atoms with Gasteiger partial charge in [0.05, 0.1) is 31.0 Å². The molecule has 0 radical (unpaired) electrons. The Hall–Kier alpha value is -2.82. The van der Waals surface area contributed by atoms with Crippen LogP contribution < -0.4 is 20.3 Å². The number of nitrogens with two attached hydrogens (primary N) is 1. The Labute approximate surface area is 164 Å². The van der Waals surface area contributed by atoms with Gasteiger partial charge in [0.25, 0.3) is 0 Å². The lowest BCUT2D eigenvalue weighted by atomic mass is 9.95. The van der Waals surface area contributed by atoms with Gasteiger partial charge in [-0.05, 0) is 12.5 Å². The number of nitrogen functional groups attached to an aromatic ring is 1. The molecule has 8 nitrogen and oxygen atoms in total. The monoisotopic (exact) mass is 408 g/mol. The van der Waals surface area contributed by atoms with E-state index in [1.807, 2.05) is 0 Å². The highest BCUT2D eigenvalue weighted by atomic mass is 19.3. The summed E-state index contributed by atoms with van der Waals surface area (Å²) >= 11 is 0. The first-order chi connectivity index (χ1) is 14.0. The van der Waals surface area contributed by atoms with Crippen LogP contribution in [0.1, 0.15) is 6.42 Å². The number of hydrogen-bond donors (Lipinski definition) is 1. The zero-order valence-corrected chi connectivity index (χ0v) is 15.3. The lowest BCUT2D eigenvalue weighted by Crippen LogP contribution is -2.71. The maximum Gasteiger partial charge on any atom is 0.387 e. The molecule has 0 spiro atoms. The summed E-state index contributed by atoms with van der Waals surface area (Å²) in [7, 11) is 0. The van der Waals surface area contributed by atoms with Crippen LogP contribution >= 0.6 is 0 Å². The van der Waals surface area contributed by atoms with Gasteiger partial charge in [-0.25, -0.2) is 14.4 Å². The Morgan fingerprint density at radius 1 is 1.24 bits per heavy atom. The van der Waals surface area contributed by atoms with Crippen molar-refractivity contribution in [2.75, 3.05) is 41.8 Å². The SMILES string of the molecule is Nc1ncc(-c2cc(N3CC4OC[C@H]43)nc(N3CC[C@H](F)C3)n2)cc1OC(F)F. The lowest BCUT2D eigenvalue weighted by molar-refractivity contribution is -0.113. The van der Waals surface area contributed by atoms with E-state index in [-0.39, 0.29) is 30.3 Å². The molecule has 0 amide bonds. The average molecular weight is 408 g/mol. The van der Waals surface area contributed by atoms with Crippen molar-refractivity contribution in [1.29, 1.82) is 0 Å². The van der Waals surface area contributed by atoms with E-state index in [4.69, 9.17) is 10.5 Å². The van der Waals surface area contributed by atoms with Gasteiger partial charge < -0.3 is 25.0 Å². The Bertz CT molecular complexity index is 910. The maximum absolute atomic E-state index is 13.7. The van der Waals surface area contributed by atoms with Gasteiger partial charge in [-0.3, -0.25) is 0 Å². The van der Waals surface area contributed by atoms with Crippen molar-refractivity contribution in [3.63, 3.8) is 0 Å². The first-order valence-corrected chi connectivity index (χ1v) is 9.35. The Morgan fingerprint density at radius 2 is 2.10 bits per heavy atom. The van der Waals surface area contributed by atoms with E-state index in [0.717, 1.165) is 0 Å². The van der Waals surface area contributed by atoms with Crippen LogP contribution in [0.25, 0.3) is 11.3 Å². The number of aromatic nitrogens is 3. The summed E-state index contributed by atoms with van der Waals surface area (Å²) in [6, 6.07) is 3.40. The van der Waals surface area contributed by atoms with Gasteiger partial charge in [0.15, 0.2) is 11.6 Å². The molecule has 11 heteroatoms. The van der Waals surface area contributed by atoms with Gasteiger partial charge >= 0.3 is 6.61 Å². The molecule has 2 aromatic heterocycles. The zero-order valence-electron chi connectivity index (χ0n) is 15.3. The summed E-state index contributed by atoms with van der Waals surface area (Å²) in [4.78, 5) is 17.0. The predicted octanol–water partition coefficient (Wildman–Crippen LogP) is 1.86. The molecule has 0 bridgehead atoms. The molecule has 2 aromatic rings. The van der Waals surface area contributed by atoms with Crippen LogP contribution in [0.4, 0.5) is 30.8 Å². The van der Waals surface area contributed by atoms with E-state index in [1.54, 1.807) is 11.0 Å². The first-order valence-electron chi connectivity index (χ1n) is 9.35. The van der Waals surface area contributed by atoms with Gasteiger partial charge in [-0.2, -0.15) is 13.8 Å². The van der Waals surface area contributed by atoms with Gasteiger partial charge in [-0.15, -0.1) is 0 Å². The number of pyridine rings is 1. The van der Waals surface area contributed by atoms with Crippen molar-refractivity contribution in [1.82, 2.24) is 15.0 Å². The number of fused-ring (bicyclic) bond motifs is 1. The van der Waals surface area contributed by atoms with Crippen molar-refractivity contribution in [2.24, 2.45) is 0 Å². The molecule has 5 rings (SSSR count). The Balaban J connectivity index is 1.53. The van der Waals surface area contributed by atoms with E-state index in [2.05, 4.69) is 24.6 Å². The van der Waals surface area contributed by atoms with E-state index < -0.39 is 12.8 Å². The van der Waals surface area contributed by atoms with Crippen LogP contribution in [0, 0.1) is 0 Å². The smallest absolute Gasteiger partial charge is 0.387 e. The molecule has 0 aliphatic carbocycles. The van der Waals surface area contributed by atoms with Crippen LogP contribution in [0.5, 0.6) is 5.75 Å². The molecule has 0 aromatic carbocycles. The molecule has 3 fully saturated rings. The minimum atomic E-state index is -3.02. The highest BCUT2D eigenvalue weighted by Crippen LogP contribution is 2.37. The van der Waals surface area contributed by atoms with Crippen molar-refractivity contribution in [3.8, 4) is 17.0 Å². The van der Waals surface area contributed by atoms with Gasteiger partial charge in [-0.1, -0.05) is 0 Å². The fourth-order valence-corrected chi connectivity index (χ4v) is 3.78. The summed E-state index contributed by atoms with van der Waals surface area (Å²) in [5.74, 6) is 0.723. The quantitative estimate of drug-likeness (QED) is 0.802. The fourth-order valence-electron chi connectivity index (χ4n) is 3.78. The molecule has 2 N–H and O–H groups in total. The summed E-state index contributed by atoms with van der Waals surface area (Å²) in [5.41, 5.74) is 6.57. The van der Waals surface area contributed by atoms with Gasteiger partial charge in [0, 0.05) is 30.9 Å². The second kappa shape index (κ2) is 6.90. The number of hydrogen-bond acceptors (Lipinski definition) is 8.